The van der Waals surface area contributed by atoms with E-state index < -0.39 is 16.0 Å². The molecule has 2 aromatic carbocycles. The number of amides is 1. The second kappa shape index (κ2) is 7.63. The molecule has 2 aromatic rings. The number of hydrogen-bond acceptors (Lipinski definition) is 4. The monoisotopic (exact) mass is 402 g/mol. The average Bonchev–Trinajstić information content (AvgIpc) is 3.16. The molecule has 0 aliphatic carbocycles. The first-order chi connectivity index (χ1) is 13.2. The molecule has 1 saturated heterocycles. The molecule has 0 aromatic heterocycles. The molecule has 0 spiro atoms. The minimum atomic E-state index is -3.60. The maximum atomic E-state index is 13.2. The van der Waals surface area contributed by atoms with Gasteiger partial charge in [-0.25, -0.2) is 13.2 Å². The number of anilines is 1. The molecule has 7 nitrogen and oxygen atoms in total. The first kappa shape index (κ1) is 19.9. The normalized spacial score (nSPS) is 16.8. The van der Waals surface area contributed by atoms with Crippen LogP contribution in [0.4, 0.5) is 5.69 Å². The van der Waals surface area contributed by atoms with E-state index in [1.165, 1.54) is 25.2 Å². The fourth-order valence-electron chi connectivity index (χ4n) is 3.43. The summed E-state index contributed by atoms with van der Waals surface area (Å²) >= 11 is 0. The topological polar surface area (TPSA) is 95.0 Å². The zero-order valence-electron chi connectivity index (χ0n) is 15.7. The maximum Gasteiger partial charge on any atom is 0.335 e. The molecule has 0 saturated carbocycles. The summed E-state index contributed by atoms with van der Waals surface area (Å²) in [5, 5.41) is 9.40. The minimum absolute atomic E-state index is 0.0849. The van der Waals surface area contributed by atoms with E-state index >= 15 is 0 Å². The molecule has 0 bridgehead atoms. The van der Waals surface area contributed by atoms with Gasteiger partial charge in [0.25, 0.3) is 5.91 Å². The zero-order chi connectivity index (χ0) is 20.5. The standard InChI is InChI=1S/C20H22N2O5S/c1-21(28(2,26)27)17-12-15(11-16(13-17)20(24)25)19(23)22-10-6-9-18(22)14-7-4-3-5-8-14/h3-5,7-8,11-13,18H,6,9-10H2,1-2H3,(H,24,25). The number of hydrogen-bond donors (Lipinski definition) is 1. The summed E-state index contributed by atoms with van der Waals surface area (Å²) in [4.78, 5) is 26.4. The molecule has 28 heavy (non-hydrogen) atoms. The highest BCUT2D eigenvalue weighted by molar-refractivity contribution is 7.92. The zero-order valence-corrected chi connectivity index (χ0v) is 16.5. The van der Waals surface area contributed by atoms with Gasteiger partial charge >= 0.3 is 5.97 Å². The van der Waals surface area contributed by atoms with Crippen LogP contribution < -0.4 is 4.31 Å². The van der Waals surface area contributed by atoms with Gasteiger partial charge < -0.3 is 10.0 Å². The lowest BCUT2D eigenvalue weighted by atomic mass is 10.0. The number of aromatic carboxylic acids is 1. The molecule has 1 atom stereocenters. The largest absolute Gasteiger partial charge is 0.478 e. The molecular formula is C20H22N2O5S. The summed E-state index contributed by atoms with van der Waals surface area (Å²) in [6.45, 7) is 0.562. The average molecular weight is 402 g/mol. The van der Waals surface area contributed by atoms with Crippen LogP contribution in [-0.2, 0) is 10.0 Å². The first-order valence-electron chi connectivity index (χ1n) is 8.86. The Balaban J connectivity index is 2.01. The van der Waals surface area contributed by atoms with E-state index in [4.69, 9.17) is 0 Å². The van der Waals surface area contributed by atoms with Crippen LogP contribution in [0.5, 0.6) is 0 Å². The van der Waals surface area contributed by atoms with Gasteiger partial charge in [-0.15, -0.1) is 0 Å². The SMILES string of the molecule is CN(c1cc(C(=O)O)cc(C(=O)N2CCCC2c2ccccc2)c1)S(C)(=O)=O. The van der Waals surface area contributed by atoms with E-state index in [1.54, 1.807) is 4.90 Å². The third kappa shape index (κ3) is 4.01. The minimum Gasteiger partial charge on any atom is -0.478 e. The van der Waals surface area contributed by atoms with Crippen molar-refractivity contribution in [3.05, 3.63) is 65.2 Å². The van der Waals surface area contributed by atoms with Crippen molar-refractivity contribution in [1.82, 2.24) is 4.90 Å². The van der Waals surface area contributed by atoms with Crippen molar-refractivity contribution in [2.75, 3.05) is 24.2 Å². The van der Waals surface area contributed by atoms with E-state index in [0.29, 0.717) is 6.54 Å². The van der Waals surface area contributed by atoms with Gasteiger partial charge in [0.15, 0.2) is 0 Å². The third-order valence-electron chi connectivity index (χ3n) is 4.97. The molecular weight excluding hydrogens is 380 g/mol. The molecule has 3 rings (SSSR count). The van der Waals surface area contributed by atoms with Crippen LogP contribution in [0.3, 0.4) is 0 Å². The number of carbonyl (C=O) groups excluding carboxylic acids is 1. The number of carboxylic acid groups (broad SMARTS) is 1. The summed E-state index contributed by atoms with van der Waals surface area (Å²) in [6.07, 6.45) is 2.69. The van der Waals surface area contributed by atoms with E-state index in [2.05, 4.69) is 0 Å². The van der Waals surface area contributed by atoms with Crippen LogP contribution in [0.1, 0.15) is 45.2 Å². The van der Waals surface area contributed by atoms with Crippen molar-refractivity contribution in [2.24, 2.45) is 0 Å². The fourth-order valence-corrected chi connectivity index (χ4v) is 3.92. The Labute approximate surface area is 164 Å². The number of nitrogens with zero attached hydrogens (tertiary/aromatic N) is 2. The van der Waals surface area contributed by atoms with Gasteiger partial charge in [-0.3, -0.25) is 9.10 Å². The smallest absolute Gasteiger partial charge is 0.335 e. The van der Waals surface area contributed by atoms with Gasteiger partial charge in [-0.2, -0.15) is 0 Å². The van der Waals surface area contributed by atoms with Crippen LogP contribution in [-0.4, -0.2) is 50.1 Å². The lowest BCUT2D eigenvalue weighted by Gasteiger charge is -2.26. The van der Waals surface area contributed by atoms with Crippen molar-refractivity contribution in [3.63, 3.8) is 0 Å². The molecule has 1 fully saturated rings. The second-order valence-corrected chi connectivity index (χ2v) is 8.89. The number of likely N-dealkylation sites (tertiary alicyclic amines) is 1. The number of rotatable bonds is 5. The number of carbonyl (C=O) groups is 2. The van der Waals surface area contributed by atoms with E-state index in [0.717, 1.165) is 29.0 Å². The van der Waals surface area contributed by atoms with Crippen LogP contribution in [0.25, 0.3) is 0 Å². The predicted molar refractivity (Wildman–Crippen MR) is 106 cm³/mol. The highest BCUT2D eigenvalue weighted by atomic mass is 32.2. The van der Waals surface area contributed by atoms with Gasteiger partial charge in [-0.05, 0) is 36.6 Å². The van der Waals surface area contributed by atoms with Gasteiger partial charge in [0.05, 0.1) is 23.5 Å². The highest BCUT2D eigenvalue weighted by Gasteiger charge is 2.31. The number of sulfonamides is 1. The molecule has 0 radical (unpaired) electrons. The summed E-state index contributed by atoms with van der Waals surface area (Å²) < 4.78 is 24.7. The van der Waals surface area contributed by atoms with Crippen LogP contribution in [0.2, 0.25) is 0 Å². The summed E-state index contributed by atoms with van der Waals surface area (Å²) in [5.41, 5.74) is 1.19. The molecule has 1 aliphatic heterocycles. The van der Waals surface area contributed by atoms with Gasteiger partial charge in [0.1, 0.15) is 0 Å². The van der Waals surface area contributed by atoms with Crippen molar-refractivity contribution in [1.29, 1.82) is 0 Å². The van der Waals surface area contributed by atoms with Crippen LogP contribution in [0, 0.1) is 0 Å². The van der Waals surface area contributed by atoms with Crippen LogP contribution >= 0.6 is 0 Å². The van der Waals surface area contributed by atoms with Gasteiger partial charge in [0, 0.05) is 19.2 Å². The van der Waals surface area contributed by atoms with E-state index in [9.17, 15) is 23.1 Å². The quantitative estimate of drug-likeness (QED) is 0.830. The molecule has 1 aliphatic rings. The summed E-state index contributed by atoms with van der Waals surface area (Å²) in [5.74, 6) is -1.53. The fraction of sp³-hybridized carbons (Fsp3) is 0.300. The summed E-state index contributed by atoms with van der Waals surface area (Å²) in [7, 11) is -2.27. The summed E-state index contributed by atoms with van der Waals surface area (Å²) in [6, 6.07) is 13.6. The Hall–Kier alpha value is -2.87. The molecule has 148 valence electrons. The van der Waals surface area contributed by atoms with Crippen molar-refractivity contribution < 1.29 is 23.1 Å². The first-order valence-corrected chi connectivity index (χ1v) is 10.7. The molecule has 8 heteroatoms. The lowest BCUT2D eigenvalue weighted by Crippen LogP contribution is -2.31. The van der Waals surface area contributed by atoms with Crippen molar-refractivity contribution in [2.45, 2.75) is 18.9 Å². The number of benzene rings is 2. The molecule has 1 unspecified atom stereocenters. The molecule has 1 N–H and O–H groups in total. The van der Waals surface area contributed by atoms with E-state index in [-0.39, 0.29) is 28.8 Å². The Morgan fingerprint density at radius 1 is 1.11 bits per heavy atom. The van der Waals surface area contributed by atoms with Gasteiger partial charge in [0.2, 0.25) is 10.0 Å². The Morgan fingerprint density at radius 2 is 1.75 bits per heavy atom. The Kier molecular flexibility index (Phi) is 5.42. The maximum absolute atomic E-state index is 13.2. The Morgan fingerprint density at radius 3 is 2.36 bits per heavy atom. The third-order valence-corrected chi connectivity index (χ3v) is 6.18. The predicted octanol–water partition coefficient (Wildman–Crippen LogP) is 2.76. The molecule has 1 heterocycles. The van der Waals surface area contributed by atoms with Crippen molar-refractivity contribution in [3.8, 4) is 0 Å². The highest BCUT2D eigenvalue weighted by Crippen LogP contribution is 2.33. The van der Waals surface area contributed by atoms with Crippen molar-refractivity contribution >= 4 is 27.6 Å². The number of carboxylic acids is 1. The van der Waals surface area contributed by atoms with Gasteiger partial charge in [-0.1, -0.05) is 30.3 Å². The Bertz CT molecular complexity index is 1000. The van der Waals surface area contributed by atoms with E-state index in [1.807, 2.05) is 30.3 Å². The molecule has 1 amide bonds. The second-order valence-electron chi connectivity index (χ2n) is 6.87. The lowest BCUT2D eigenvalue weighted by molar-refractivity contribution is 0.0697. The van der Waals surface area contributed by atoms with Crippen LogP contribution in [0.15, 0.2) is 48.5 Å².